The van der Waals surface area contributed by atoms with E-state index in [1.54, 1.807) is 0 Å². The molecule has 1 N–H and O–H groups in total. The van der Waals surface area contributed by atoms with Crippen molar-refractivity contribution in [1.29, 1.82) is 0 Å². The fourth-order valence-electron chi connectivity index (χ4n) is 1.35. The minimum absolute atomic E-state index is 0.0658. The molecule has 0 aromatic heterocycles. The van der Waals surface area contributed by atoms with Gasteiger partial charge in [0.1, 0.15) is 0 Å². The standard InChI is InChI=1S/C9H19NO2/c1-7(12-9(2,3)4)8-5-11-6-10-8/h7-8,10H,5-6H2,1-4H3/t7?,8-/m1/s1. The topological polar surface area (TPSA) is 30.5 Å². The van der Waals surface area contributed by atoms with Gasteiger partial charge >= 0.3 is 0 Å². The minimum atomic E-state index is -0.0658. The fraction of sp³-hybridized carbons (Fsp3) is 1.00. The maximum Gasteiger partial charge on any atom is 0.0969 e. The molecule has 3 heteroatoms. The van der Waals surface area contributed by atoms with E-state index in [1.807, 2.05) is 0 Å². The largest absolute Gasteiger partial charge is 0.371 e. The molecule has 0 aromatic rings. The maximum atomic E-state index is 5.78. The van der Waals surface area contributed by atoms with Crippen LogP contribution in [0.2, 0.25) is 0 Å². The molecule has 0 aromatic carbocycles. The SMILES string of the molecule is CC(OC(C)(C)C)[C@H]1COCN1. The average molecular weight is 173 g/mol. The van der Waals surface area contributed by atoms with Crippen LogP contribution in [-0.4, -0.2) is 31.1 Å². The van der Waals surface area contributed by atoms with Gasteiger partial charge in [0.25, 0.3) is 0 Å². The van der Waals surface area contributed by atoms with E-state index < -0.39 is 0 Å². The van der Waals surface area contributed by atoms with Crippen LogP contribution >= 0.6 is 0 Å². The second-order valence-corrected chi connectivity index (χ2v) is 4.26. The molecule has 1 rings (SSSR count). The average Bonchev–Trinajstić information content (AvgIpc) is 2.32. The van der Waals surface area contributed by atoms with Crippen molar-refractivity contribution in [3.05, 3.63) is 0 Å². The highest BCUT2D eigenvalue weighted by molar-refractivity contribution is 4.78. The molecule has 1 fully saturated rings. The second-order valence-electron chi connectivity index (χ2n) is 4.26. The second kappa shape index (κ2) is 3.73. The molecule has 1 aliphatic heterocycles. The number of nitrogens with one attached hydrogen (secondary N) is 1. The van der Waals surface area contributed by atoms with Crippen molar-refractivity contribution >= 4 is 0 Å². The van der Waals surface area contributed by atoms with Gasteiger partial charge in [-0.2, -0.15) is 0 Å². The van der Waals surface area contributed by atoms with Crippen molar-refractivity contribution in [3.63, 3.8) is 0 Å². The zero-order chi connectivity index (χ0) is 9.19. The lowest BCUT2D eigenvalue weighted by Crippen LogP contribution is -2.40. The van der Waals surface area contributed by atoms with Gasteiger partial charge in [-0.3, -0.25) is 5.32 Å². The van der Waals surface area contributed by atoms with Crippen LogP contribution in [0.5, 0.6) is 0 Å². The molecule has 1 unspecified atom stereocenters. The Morgan fingerprint density at radius 1 is 1.50 bits per heavy atom. The summed E-state index contributed by atoms with van der Waals surface area (Å²) in [6.45, 7) is 9.70. The number of ether oxygens (including phenoxy) is 2. The zero-order valence-corrected chi connectivity index (χ0v) is 8.39. The number of hydrogen-bond acceptors (Lipinski definition) is 3. The Morgan fingerprint density at radius 3 is 2.58 bits per heavy atom. The Balaban J connectivity index is 2.31. The van der Waals surface area contributed by atoms with Crippen molar-refractivity contribution in [1.82, 2.24) is 5.32 Å². The van der Waals surface area contributed by atoms with Crippen molar-refractivity contribution in [2.24, 2.45) is 0 Å². The smallest absolute Gasteiger partial charge is 0.0969 e. The lowest BCUT2D eigenvalue weighted by molar-refractivity contribution is -0.0643. The van der Waals surface area contributed by atoms with Gasteiger partial charge in [0.2, 0.25) is 0 Å². The first-order valence-corrected chi connectivity index (χ1v) is 4.48. The van der Waals surface area contributed by atoms with E-state index in [0.29, 0.717) is 12.8 Å². The highest BCUT2D eigenvalue weighted by atomic mass is 16.5. The summed E-state index contributed by atoms with van der Waals surface area (Å²) >= 11 is 0. The quantitative estimate of drug-likeness (QED) is 0.679. The predicted molar refractivity (Wildman–Crippen MR) is 48.0 cm³/mol. The van der Waals surface area contributed by atoms with Crippen LogP contribution in [0.3, 0.4) is 0 Å². The van der Waals surface area contributed by atoms with Crippen molar-refractivity contribution in [2.75, 3.05) is 13.3 Å². The van der Waals surface area contributed by atoms with Gasteiger partial charge < -0.3 is 9.47 Å². The summed E-state index contributed by atoms with van der Waals surface area (Å²) in [5, 5.41) is 3.23. The Hall–Kier alpha value is -0.120. The summed E-state index contributed by atoms with van der Waals surface area (Å²) in [5.41, 5.74) is -0.0658. The van der Waals surface area contributed by atoms with Crippen LogP contribution in [0, 0.1) is 0 Å². The molecule has 0 spiro atoms. The van der Waals surface area contributed by atoms with Crippen LogP contribution in [-0.2, 0) is 9.47 Å². The number of rotatable bonds is 2. The van der Waals surface area contributed by atoms with Crippen molar-refractivity contribution in [3.8, 4) is 0 Å². The summed E-state index contributed by atoms with van der Waals surface area (Å²) in [7, 11) is 0. The molecule has 0 bridgehead atoms. The molecule has 2 atom stereocenters. The van der Waals surface area contributed by atoms with Crippen LogP contribution in [0.4, 0.5) is 0 Å². The van der Waals surface area contributed by atoms with E-state index in [2.05, 4.69) is 33.0 Å². The van der Waals surface area contributed by atoms with Crippen LogP contribution in [0.25, 0.3) is 0 Å². The van der Waals surface area contributed by atoms with Gasteiger partial charge in [0, 0.05) is 0 Å². The molecule has 12 heavy (non-hydrogen) atoms. The van der Waals surface area contributed by atoms with E-state index in [9.17, 15) is 0 Å². The van der Waals surface area contributed by atoms with E-state index in [4.69, 9.17) is 9.47 Å². The van der Waals surface area contributed by atoms with Gasteiger partial charge in [-0.15, -0.1) is 0 Å². The van der Waals surface area contributed by atoms with Gasteiger partial charge in [0.15, 0.2) is 0 Å². The summed E-state index contributed by atoms with van der Waals surface area (Å²) < 4.78 is 11.0. The molecule has 1 heterocycles. The Morgan fingerprint density at radius 2 is 2.17 bits per heavy atom. The molecule has 1 saturated heterocycles. The molecule has 0 amide bonds. The normalized spacial score (nSPS) is 27.5. The third-order valence-electron chi connectivity index (χ3n) is 1.85. The summed E-state index contributed by atoms with van der Waals surface area (Å²) in [4.78, 5) is 0. The van der Waals surface area contributed by atoms with Crippen LogP contribution < -0.4 is 5.32 Å². The molecule has 3 nitrogen and oxygen atoms in total. The van der Waals surface area contributed by atoms with Crippen molar-refractivity contribution < 1.29 is 9.47 Å². The Kier molecular flexibility index (Phi) is 3.09. The molecule has 0 aliphatic carbocycles. The first-order valence-electron chi connectivity index (χ1n) is 4.48. The molecular weight excluding hydrogens is 154 g/mol. The van der Waals surface area contributed by atoms with Gasteiger partial charge in [-0.05, 0) is 27.7 Å². The van der Waals surface area contributed by atoms with Gasteiger partial charge in [-0.1, -0.05) is 0 Å². The summed E-state index contributed by atoms with van der Waals surface area (Å²) in [6, 6.07) is 0.351. The van der Waals surface area contributed by atoms with Crippen molar-refractivity contribution in [2.45, 2.75) is 45.4 Å². The van der Waals surface area contributed by atoms with Gasteiger partial charge in [0.05, 0.1) is 31.1 Å². The monoisotopic (exact) mass is 173 g/mol. The summed E-state index contributed by atoms with van der Waals surface area (Å²) in [6.07, 6.45) is 0.215. The van der Waals surface area contributed by atoms with Crippen LogP contribution in [0.15, 0.2) is 0 Å². The zero-order valence-electron chi connectivity index (χ0n) is 8.39. The van der Waals surface area contributed by atoms with Gasteiger partial charge in [-0.25, -0.2) is 0 Å². The lowest BCUT2D eigenvalue weighted by atomic mass is 10.1. The third kappa shape index (κ3) is 3.09. The highest BCUT2D eigenvalue weighted by Crippen LogP contribution is 2.14. The Labute approximate surface area is 74.4 Å². The first-order chi connectivity index (χ1) is 5.49. The lowest BCUT2D eigenvalue weighted by Gasteiger charge is -2.28. The van der Waals surface area contributed by atoms with Crippen LogP contribution in [0.1, 0.15) is 27.7 Å². The van der Waals surface area contributed by atoms with E-state index in [1.165, 1.54) is 0 Å². The van der Waals surface area contributed by atoms with E-state index in [0.717, 1.165) is 6.61 Å². The maximum absolute atomic E-state index is 5.78. The summed E-state index contributed by atoms with van der Waals surface area (Å²) in [5.74, 6) is 0. The third-order valence-corrected chi connectivity index (χ3v) is 1.85. The van der Waals surface area contributed by atoms with E-state index in [-0.39, 0.29) is 11.7 Å². The first kappa shape index (κ1) is 9.96. The number of hydrogen-bond donors (Lipinski definition) is 1. The highest BCUT2D eigenvalue weighted by Gasteiger charge is 2.25. The molecule has 1 aliphatic rings. The molecule has 0 saturated carbocycles. The molecule has 72 valence electrons. The Bertz CT molecular complexity index is 136. The predicted octanol–water partition coefficient (Wildman–Crippen LogP) is 1.14. The molecular formula is C9H19NO2. The van der Waals surface area contributed by atoms with E-state index >= 15 is 0 Å². The molecule has 0 radical (unpaired) electrons. The fourth-order valence-corrected chi connectivity index (χ4v) is 1.35. The minimum Gasteiger partial charge on any atom is -0.371 e.